The number of hydrogen-bond acceptors (Lipinski definition) is 1. The Bertz CT molecular complexity index is 123. The van der Waals surface area contributed by atoms with Gasteiger partial charge in [-0.2, -0.15) is 0 Å². The first-order chi connectivity index (χ1) is 6.20. The first-order valence-electron chi connectivity index (χ1n) is 5.91. The molecule has 78 valence electrons. The van der Waals surface area contributed by atoms with Gasteiger partial charge >= 0.3 is 0 Å². The van der Waals surface area contributed by atoms with Crippen LogP contribution in [0.5, 0.6) is 0 Å². The SMILES string of the molecule is CC(C)CC(C)C1CCCNCC1. The van der Waals surface area contributed by atoms with E-state index < -0.39 is 0 Å². The summed E-state index contributed by atoms with van der Waals surface area (Å²) < 4.78 is 0. The van der Waals surface area contributed by atoms with Crippen molar-refractivity contribution in [3.63, 3.8) is 0 Å². The molecule has 0 spiro atoms. The molecule has 1 heteroatoms. The molecule has 2 atom stereocenters. The van der Waals surface area contributed by atoms with Crippen LogP contribution in [0.2, 0.25) is 0 Å². The van der Waals surface area contributed by atoms with Gasteiger partial charge in [0.1, 0.15) is 0 Å². The van der Waals surface area contributed by atoms with Crippen molar-refractivity contribution >= 4 is 0 Å². The Hall–Kier alpha value is -0.0400. The van der Waals surface area contributed by atoms with E-state index in [1.807, 2.05) is 0 Å². The molecule has 0 bridgehead atoms. The Morgan fingerprint density at radius 3 is 2.62 bits per heavy atom. The normalized spacial score (nSPS) is 27.2. The summed E-state index contributed by atoms with van der Waals surface area (Å²) in [5, 5.41) is 3.49. The molecule has 1 fully saturated rings. The summed E-state index contributed by atoms with van der Waals surface area (Å²) in [5.41, 5.74) is 0. The van der Waals surface area contributed by atoms with Gasteiger partial charge in [0.15, 0.2) is 0 Å². The first-order valence-corrected chi connectivity index (χ1v) is 5.91. The first kappa shape index (κ1) is 11.0. The van der Waals surface area contributed by atoms with E-state index in [1.54, 1.807) is 0 Å². The topological polar surface area (TPSA) is 12.0 Å². The lowest BCUT2D eigenvalue weighted by atomic mass is 9.83. The maximum Gasteiger partial charge on any atom is -0.00462 e. The van der Waals surface area contributed by atoms with Gasteiger partial charge in [-0.1, -0.05) is 20.8 Å². The van der Waals surface area contributed by atoms with Crippen LogP contribution in [0.1, 0.15) is 46.5 Å². The van der Waals surface area contributed by atoms with Crippen molar-refractivity contribution in [2.45, 2.75) is 46.5 Å². The van der Waals surface area contributed by atoms with Gasteiger partial charge in [-0.05, 0) is 56.5 Å². The molecular formula is C12H25N. The van der Waals surface area contributed by atoms with Crippen LogP contribution in [0, 0.1) is 17.8 Å². The Morgan fingerprint density at radius 2 is 1.92 bits per heavy atom. The Labute approximate surface area is 83.3 Å². The van der Waals surface area contributed by atoms with Gasteiger partial charge in [-0.25, -0.2) is 0 Å². The molecule has 0 aromatic carbocycles. The largest absolute Gasteiger partial charge is 0.317 e. The van der Waals surface area contributed by atoms with Crippen LogP contribution in [0.25, 0.3) is 0 Å². The minimum absolute atomic E-state index is 0.867. The lowest BCUT2D eigenvalue weighted by Crippen LogP contribution is -2.17. The number of rotatable bonds is 3. The number of nitrogens with one attached hydrogen (secondary N) is 1. The van der Waals surface area contributed by atoms with E-state index in [-0.39, 0.29) is 0 Å². The fraction of sp³-hybridized carbons (Fsp3) is 1.00. The van der Waals surface area contributed by atoms with E-state index in [1.165, 1.54) is 38.8 Å². The molecule has 1 heterocycles. The van der Waals surface area contributed by atoms with E-state index in [0.29, 0.717) is 0 Å². The van der Waals surface area contributed by atoms with Crippen LogP contribution in [0.4, 0.5) is 0 Å². The van der Waals surface area contributed by atoms with Crippen molar-refractivity contribution in [1.29, 1.82) is 0 Å². The second kappa shape index (κ2) is 5.64. The van der Waals surface area contributed by atoms with Gasteiger partial charge in [-0.15, -0.1) is 0 Å². The fourth-order valence-electron chi connectivity index (χ4n) is 2.55. The quantitative estimate of drug-likeness (QED) is 0.709. The van der Waals surface area contributed by atoms with Crippen LogP contribution in [-0.4, -0.2) is 13.1 Å². The van der Waals surface area contributed by atoms with Crippen LogP contribution >= 0.6 is 0 Å². The summed E-state index contributed by atoms with van der Waals surface area (Å²) in [6.07, 6.45) is 5.63. The van der Waals surface area contributed by atoms with Crippen molar-refractivity contribution in [3.8, 4) is 0 Å². The molecule has 0 amide bonds. The van der Waals surface area contributed by atoms with Gasteiger partial charge in [0.2, 0.25) is 0 Å². The molecule has 1 nitrogen and oxygen atoms in total. The third-order valence-corrected chi connectivity index (χ3v) is 3.27. The summed E-state index contributed by atoms with van der Waals surface area (Å²) in [7, 11) is 0. The Balaban J connectivity index is 2.30. The smallest absolute Gasteiger partial charge is 0.00462 e. The van der Waals surface area contributed by atoms with Crippen LogP contribution in [0.3, 0.4) is 0 Å². The summed E-state index contributed by atoms with van der Waals surface area (Å²) in [4.78, 5) is 0. The lowest BCUT2D eigenvalue weighted by Gasteiger charge is -2.23. The number of hydrogen-bond donors (Lipinski definition) is 1. The predicted octanol–water partition coefficient (Wildman–Crippen LogP) is 3.06. The fourth-order valence-corrected chi connectivity index (χ4v) is 2.55. The molecule has 0 radical (unpaired) electrons. The second-order valence-corrected chi connectivity index (χ2v) is 5.05. The second-order valence-electron chi connectivity index (χ2n) is 5.05. The average Bonchev–Trinajstić information content (AvgIpc) is 2.29. The van der Waals surface area contributed by atoms with E-state index in [9.17, 15) is 0 Å². The molecule has 2 unspecified atom stereocenters. The predicted molar refractivity (Wildman–Crippen MR) is 58.8 cm³/mol. The van der Waals surface area contributed by atoms with Crippen LogP contribution in [0.15, 0.2) is 0 Å². The third-order valence-electron chi connectivity index (χ3n) is 3.27. The minimum Gasteiger partial charge on any atom is -0.317 e. The molecule has 0 aromatic heterocycles. The monoisotopic (exact) mass is 183 g/mol. The molecule has 0 aliphatic carbocycles. The van der Waals surface area contributed by atoms with E-state index in [2.05, 4.69) is 26.1 Å². The zero-order chi connectivity index (χ0) is 9.68. The molecule has 1 aliphatic rings. The van der Waals surface area contributed by atoms with Crippen molar-refractivity contribution in [1.82, 2.24) is 5.32 Å². The van der Waals surface area contributed by atoms with E-state index in [0.717, 1.165) is 17.8 Å². The third kappa shape index (κ3) is 4.12. The summed E-state index contributed by atoms with van der Waals surface area (Å²) in [6, 6.07) is 0. The van der Waals surface area contributed by atoms with E-state index >= 15 is 0 Å². The highest BCUT2D eigenvalue weighted by Gasteiger charge is 2.19. The van der Waals surface area contributed by atoms with Gasteiger partial charge in [0, 0.05) is 0 Å². The molecule has 13 heavy (non-hydrogen) atoms. The molecule has 1 aliphatic heterocycles. The van der Waals surface area contributed by atoms with Crippen molar-refractivity contribution in [2.75, 3.05) is 13.1 Å². The molecule has 0 aromatic rings. The highest BCUT2D eigenvalue weighted by molar-refractivity contribution is 4.72. The van der Waals surface area contributed by atoms with Crippen molar-refractivity contribution in [3.05, 3.63) is 0 Å². The average molecular weight is 183 g/mol. The standard InChI is InChI=1S/C12H25N/c1-10(2)9-11(3)12-5-4-7-13-8-6-12/h10-13H,4-9H2,1-3H3. The van der Waals surface area contributed by atoms with Crippen LogP contribution < -0.4 is 5.32 Å². The Kier molecular flexibility index (Phi) is 4.79. The molecule has 1 N–H and O–H groups in total. The maximum absolute atomic E-state index is 3.49. The lowest BCUT2D eigenvalue weighted by molar-refractivity contribution is 0.281. The van der Waals surface area contributed by atoms with Crippen molar-refractivity contribution < 1.29 is 0 Å². The maximum atomic E-state index is 3.49. The summed E-state index contributed by atoms with van der Waals surface area (Å²) in [6.45, 7) is 9.60. The summed E-state index contributed by atoms with van der Waals surface area (Å²) in [5.74, 6) is 2.78. The molecule has 0 saturated carbocycles. The minimum atomic E-state index is 0.867. The highest BCUT2D eigenvalue weighted by atomic mass is 14.8. The molecule has 1 rings (SSSR count). The van der Waals surface area contributed by atoms with Crippen LogP contribution in [-0.2, 0) is 0 Å². The highest BCUT2D eigenvalue weighted by Crippen LogP contribution is 2.27. The molecular weight excluding hydrogens is 158 g/mol. The van der Waals surface area contributed by atoms with Gasteiger partial charge in [0.05, 0.1) is 0 Å². The molecule has 1 saturated heterocycles. The van der Waals surface area contributed by atoms with Crippen molar-refractivity contribution in [2.24, 2.45) is 17.8 Å². The zero-order valence-corrected chi connectivity index (χ0v) is 9.47. The van der Waals surface area contributed by atoms with Gasteiger partial charge < -0.3 is 5.32 Å². The van der Waals surface area contributed by atoms with Gasteiger partial charge in [-0.3, -0.25) is 0 Å². The van der Waals surface area contributed by atoms with Gasteiger partial charge in [0.25, 0.3) is 0 Å². The summed E-state index contributed by atoms with van der Waals surface area (Å²) >= 11 is 0. The zero-order valence-electron chi connectivity index (χ0n) is 9.47. The van der Waals surface area contributed by atoms with E-state index in [4.69, 9.17) is 0 Å². The Morgan fingerprint density at radius 1 is 1.15 bits per heavy atom.